The minimum atomic E-state index is -2.24. The van der Waals surface area contributed by atoms with Crippen molar-refractivity contribution in [1.82, 2.24) is 19.5 Å². The first kappa shape index (κ1) is 39.5. The molecular formula is C54H48GeIrN4O-2. The van der Waals surface area contributed by atoms with Gasteiger partial charge in [-0.1, -0.05) is 89.8 Å². The van der Waals surface area contributed by atoms with Crippen molar-refractivity contribution >= 4 is 61.5 Å². The molecule has 0 aliphatic heterocycles. The molecule has 5 nitrogen and oxygen atoms in total. The Bertz CT molecular complexity index is 3260. The first-order chi connectivity index (χ1) is 29.7. The molecule has 0 amide bonds. The Labute approximate surface area is 377 Å². The molecule has 0 fully saturated rings. The third-order valence-corrected chi connectivity index (χ3v) is 14.9. The summed E-state index contributed by atoms with van der Waals surface area (Å²) in [6, 6.07) is 56.2. The molecule has 305 valence electrons. The summed E-state index contributed by atoms with van der Waals surface area (Å²) in [6.07, 6.45) is 0.502. The number of aromatic nitrogens is 4. The van der Waals surface area contributed by atoms with E-state index in [4.69, 9.17) is 12.1 Å². The molecule has 7 heteroatoms. The fraction of sp³-hybridized carbons (Fsp3) is 0.167. The molecule has 0 aliphatic carbocycles. The van der Waals surface area contributed by atoms with Crippen LogP contribution in [0.2, 0.25) is 17.3 Å². The van der Waals surface area contributed by atoms with E-state index in [2.05, 4.69) is 135 Å². The molecule has 1 radical (unpaired) electrons. The van der Waals surface area contributed by atoms with Crippen LogP contribution < -0.4 is 4.40 Å². The van der Waals surface area contributed by atoms with Crippen molar-refractivity contribution < 1.29 is 27.3 Å². The van der Waals surface area contributed by atoms with Crippen LogP contribution >= 0.6 is 0 Å². The van der Waals surface area contributed by atoms with Crippen molar-refractivity contribution in [2.75, 3.05) is 0 Å². The van der Waals surface area contributed by atoms with Gasteiger partial charge in [0.2, 0.25) is 5.71 Å². The van der Waals surface area contributed by atoms with Crippen LogP contribution in [0, 0.1) is 24.5 Å². The van der Waals surface area contributed by atoms with E-state index in [9.17, 15) is 0 Å². The maximum Gasteiger partial charge on any atom is 0 e. The average Bonchev–Trinajstić information content (AvgIpc) is 3.84. The maximum absolute atomic E-state index is 8.76. The van der Waals surface area contributed by atoms with Crippen molar-refractivity contribution in [1.29, 1.82) is 0 Å². The predicted octanol–water partition coefficient (Wildman–Crippen LogP) is 13.6. The maximum atomic E-state index is 8.76. The molecule has 6 aromatic carbocycles. The van der Waals surface area contributed by atoms with Crippen molar-refractivity contribution in [3.8, 4) is 39.5 Å². The molecule has 0 saturated carbocycles. The molecule has 10 rings (SSSR count). The third-order valence-electron chi connectivity index (χ3n) is 10.6. The van der Waals surface area contributed by atoms with Gasteiger partial charge in [0.15, 0.2) is 0 Å². The summed E-state index contributed by atoms with van der Waals surface area (Å²) < 4.78 is 27.3. The number of hydrogen-bond acceptors (Lipinski definition) is 4. The smallest absolute Gasteiger partial charge is 0 e. The quantitative estimate of drug-likeness (QED) is 0.123. The van der Waals surface area contributed by atoms with Crippen LogP contribution in [0.4, 0.5) is 0 Å². The topological polar surface area (TPSA) is 56.7 Å². The number of imidazole rings is 1. The zero-order chi connectivity index (χ0) is 43.4. The molecule has 0 N–H and O–H groups in total. The molecule has 0 saturated heterocycles. The van der Waals surface area contributed by atoms with Gasteiger partial charge in [-0.05, 0) is 42.1 Å². The van der Waals surface area contributed by atoms with E-state index < -0.39 is 25.1 Å². The molecule has 61 heavy (non-hydrogen) atoms. The first-order valence-corrected chi connectivity index (χ1v) is 27.8. The summed E-state index contributed by atoms with van der Waals surface area (Å²) in [7, 11) is 0. The van der Waals surface area contributed by atoms with E-state index in [1.165, 1.54) is 5.39 Å². The standard InChI is InChI=1S/C35H22N3O.C19H26GeN.Ir/c1-22-18-20-28-27-14-9-15-29(33(27)39-35(28)36-22)34-37-30-16-7-8-17-31(30)38(34)32-25-13-6-5-12-24(25)19-21-26(32)23-10-3-2-4-11-23;1-19(2,3)13-16-12-18(15-10-8-7-9-11-15)21-14-17(16)20(4,5)6;/h2-14,16-21H,1H3;7-10,12,14H,13H2,1-6H3;/q2*-1;/i;13D2;. The van der Waals surface area contributed by atoms with E-state index in [1.807, 2.05) is 88.5 Å². The summed E-state index contributed by atoms with van der Waals surface area (Å²) in [5, 5.41) is 4.31. The molecule has 0 spiro atoms. The van der Waals surface area contributed by atoms with Crippen molar-refractivity contribution in [2.45, 2.75) is 51.3 Å². The van der Waals surface area contributed by atoms with Gasteiger partial charge in [0.25, 0.3) is 0 Å². The van der Waals surface area contributed by atoms with E-state index in [-0.39, 0.29) is 20.1 Å². The van der Waals surface area contributed by atoms with Crippen LogP contribution in [-0.2, 0) is 26.5 Å². The van der Waals surface area contributed by atoms with Crippen LogP contribution in [0.3, 0.4) is 0 Å². The second kappa shape index (κ2) is 17.0. The molecule has 0 unspecified atom stereocenters. The fourth-order valence-electron chi connectivity index (χ4n) is 7.91. The number of rotatable bonds is 6. The summed E-state index contributed by atoms with van der Waals surface area (Å²) in [5.74, 6) is 7.64. The predicted molar refractivity (Wildman–Crippen MR) is 253 cm³/mol. The van der Waals surface area contributed by atoms with Crippen LogP contribution in [0.25, 0.3) is 83.3 Å². The number of furan rings is 1. The number of hydrogen-bond donors (Lipinski definition) is 0. The number of fused-ring (bicyclic) bond motifs is 5. The van der Waals surface area contributed by atoms with Gasteiger partial charge >= 0.3 is 135 Å². The zero-order valence-corrected chi connectivity index (χ0v) is 40.0. The van der Waals surface area contributed by atoms with Crippen LogP contribution in [0.5, 0.6) is 0 Å². The molecular weight excluding hydrogens is 985 g/mol. The number of benzene rings is 6. The Hall–Kier alpha value is -5.66. The van der Waals surface area contributed by atoms with Gasteiger partial charge in [0.05, 0.1) is 28.1 Å². The molecule has 0 bridgehead atoms. The average molecular weight is 1040 g/mol. The van der Waals surface area contributed by atoms with Crippen molar-refractivity contribution in [2.24, 2.45) is 5.41 Å². The van der Waals surface area contributed by atoms with Gasteiger partial charge in [-0.3, -0.25) is 4.98 Å². The summed E-state index contributed by atoms with van der Waals surface area (Å²) in [6.45, 7) is 7.86. The van der Waals surface area contributed by atoms with Gasteiger partial charge in [0.1, 0.15) is 0 Å². The number of aryl methyl sites for hydroxylation is 1. The van der Waals surface area contributed by atoms with E-state index >= 15 is 0 Å². The Morgan fingerprint density at radius 1 is 0.738 bits per heavy atom. The Kier molecular flexibility index (Phi) is 11.0. The van der Waals surface area contributed by atoms with Gasteiger partial charge < -0.3 is 8.98 Å². The Morgan fingerprint density at radius 2 is 1.49 bits per heavy atom. The second-order valence-electron chi connectivity index (χ2n) is 17.3. The normalized spacial score (nSPS) is 12.5. The Balaban J connectivity index is 0.000000196. The number of nitrogens with zero attached hydrogens (tertiary/aromatic N) is 4. The molecule has 0 aliphatic rings. The van der Waals surface area contributed by atoms with E-state index in [0.29, 0.717) is 5.71 Å². The monoisotopic (exact) mass is 1040 g/mol. The van der Waals surface area contributed by atoms with Gasteiger partial charge in [-0.15, -0.1) is 18.2 Å². The largest absolute Gasteiger partial charge is 0 e. The van der Waals surface area contributed by atoms with E-state index in [0.717, 1.165) is 87.9 Å². The first-order valence-electron chi connectivity index (χ1n) is 21.4. The number of para-hydroxylation sites is 2. The minimum absolute atomic E-state index is 0. The molecule has 4 heterocycles. The van der Waals surface area contributed by atoms with Crippen molar-refractivity contribution in [3.05, 3.63) is 175 Å². The SMILES string of the molecule is Cc1ccc2c(n1)oc1c(-c3nc4ccccc4n3-c3c(-c4ccccc4)ccc4ccccc34)[c-]ccc12.[2H]C([2H])(c1cc(-c2[c-]cccc2)nc[c]1[Ge]([CH3])([CH3])[CH3])C(C)(C)C.[Ir]. The molecule has 10 aromatic rings. The van der Waals surface area contributed by atoms with Gasteiger partial charge in [-0.2, -0.15) is 0 Å². The van der Waals surface area contributed by atoms with Crippen LogP contribution in [0.15, 0.2) is 156 Å². The van der Waals surface area contributed by atoms with E-state index in [1.54, 1.807) is 0 Å². The molecule has 0 atom stereocenters. The van der Waals surface area contributed by atoms with Gasteiger partial charge in [0, 0.05) is 42.1 Å². The summed E-state index contributed by atoms with van der Waals surface area (Å²) >= 11 is -2.24. The van der Waals surface area contributed by atoms with Crippen molar-refractivity contribution in [3.63, 3.8) is 0 Å². The summed E-state index contributed by atoms with van der Waals surface area (Å²) in [4.78, 5) is 14.5. The Morgan fingerprint density at radius 3 is 2.26 bits per heavy atom. The van der Waals surface area contributed by atoms with Crippen LogP contribution in [0.1, 0.15) is 34.8 Å². The number of pyridine rings is 2. The second-order valence-corrected chi connectivity index (χ2v) is 27.9. The van der Waals surface area contributed by atoms with Gasteiger partial charge in [-0.25, -0.2) is 4.98 Å². The fourth-order valence-corrected chi connectivity index (χ4v) is 10.8. The summed E-state index contributed by atoms with van der Waals surface area (Å²) in [5.41, 5.74) is 10.4. The molecule has 4 aromatic heterocycles. The zero-order valence-electron chi connectivity index (χ0n) is 37.5. The third kappa shape index (κ3) is 8.50. The van der Waals surface area contributed by atoms with Crippen LogP contribution in [-0.4, -0.2) is 32.8 Å². The minimum Gasteiger partial charge on any atom is 0 e.